The quantitative estimate of drug-likeness (QED) is 0.597. The predicted octanol–water partition coefficient (Wildman–Crippen LogP) is 2.75. The van der Waals surface area contributed by atoms with Gasteiger partial charge in [0.25, 0.3) is 0 Å². The zero-order valence-electron chi connectivity index (χ0n) is 14.0. The summed E-state index contributed by atoms with van der Waals surface area (Å²) in [6.45, 7) is 5.14. The molecular weight excluding hydrogens is 282 g/mol. The summed E-state index contributed by atoms with van der Waals surface area (Å²) in [6.07, 6.45) is 0.370. The Kier molecular flexibility index (Phi) is 5.56. The van der Waals surface area contributed by atoms with Crippen LogP contribution in [0.15, 0.2) is 18.2 Å². The van der Waals surface area contributed by atoms with Gasteiger partial charge in [-0.1, -0.05) is 12.1 Å². The second-order valence-electron chi connectivity index (χ2n) is 5.79. The van der Waals surface area contributed by atoms with E-state index in [1.165, 1.54) is 12.7 Å². The molecule has 0 N–H and O–H groups in total. The number of carbonyl (C=O) groups is 1. The molecule has 122 valence electrons. The van der Waals surface area contributed by atoms with E-state index < -0.39 is 0 Å². The molecule has 0 aliphatic carbocycles. The van der Waals surface area contributed by atoms with Crippen LogP contribution in [0.5, 0.6) is 0 Å². The maximum absolute atomic E-state index is 12.1. The predicted molar refractivity (Wildman–Crippen MR) is 83.6 cm³/mol. The lowest BCUT2D eigenvalue weighted by Crippen LogP contribution is -2.32. The third kappa shape index (κ3) is 3.16. The van der Waals surface area contributed by atoms with Crippen molar-refractivity contribution in [1.29, 1.82) is 0 Å². The first kappa shape index (κ1) is 16.9. The lowest BCUT2D eigenvalue weighted by atomic mass is 9.95. The van der Waals surface area contributed by atoms with Gasteiger partial charge in [-0.2, -0.15) is 0 Å². The van der Waals surface area contributed by atoms with E-state index in [0.717, 1.165) is 12.1 Å². The highest BCUT2D eigenvalue weighted by Gasteiger charge is 2.36. The van der Waals surface area contributed by atoms with E-state index in [2.05, 4.69) is 24.8 Å². The van der Waals surface area contributed by atoms with E-state index in [9.17, 15) is 4.79 Å². The van der Waals surface area contributed by atoms with Crippen LogP contribution in [0.2, 0.25) is 0 Å². The van der Waals surface area contributed by atoms with Crippen molar-refractivity contribution < 1.29 is 19.0 Å². The largest absolute Gasteiger partial charge is 0.465 e. The first-order valence-corrected chi connectivity index (χ1v) is 7.54. The highest BCUT2D eigenvalue weighted by atomic mass is 16.7. The average Bonchev–Trinajstić information content (AvgIpc) is 2.90. The van der Waals surface area contributed by atoms with E-state index in [1.807, 2.05) is 12.1 Å². The second kappa shape index (κ2) is 7.22. The maximum atomic E-state index is 12.1. The summed E-state index contributed by atoms with van der Waals surface area (Å²) in [6, 6.07) is 6.25. The number of esters is 1. The third-order valence-electron chi connectivity index (χ3n) is 4.29. The Morgan fingerprint density at radius 2 is 1.95 bits per heavy atom. The number of carbonyl (C=O) groups excluding carboxylic acids is 1. The van der Waals surface area contributed by atoms with Crippen LogP contribution in [0.25, 0.3) is 0 Å². The number of hydrogen-bond acceptors (Lipinski definition) is 5. The molecule has 1 aromatic carbocycles. The normalized spacial score (nSPS) is 18.0. The van der Waals surface area contributed by atoms with Gasteiger partial charge in [-0.3, -0.25) is 4.90 Å². The third-order valence-corrected chi connectivity index (χ3v) is 4.29. The number of hydrogen-bond donors (Lipinski definition) is 0. The van der Waals surface area contributed by atoms with Gasteiger partial charge in [0, 0.05) is 39.3 Å². The highest BCUT2D eigenvalue weighted by molar-refractivity contribution is 5.91. The van der Waals surface area contributed by atoms with Crippen LogP contribution < -0.4 is 0 Å². The van der Waals surface area contributed by atoms with Gasteiger partial charge in [-0.15, -0.1) is 0 Å². The Morgan fingerprint density at radius 3 is 2.50 bits per heavy atom. The average molecular weight is 307 g/mol. The van der Waals surface area contributed by atoms with E-state index >= 15 is 0 Å². The van der Waals surface area contributed by atoms with Crippen LogP contribution >= 0.6 is 0 Å². The molecule has 0 radical (unpaired) electrons. The minimum Gasteiger partial charge on any atom is -0.465 e. The molecule has 5 heteroatoms. The fourth-order valence-corrected chi connectivity index (χ4v) is 3.17. The zero-order valence-corrected chi connectivity index (χ0v) is 14.0. The van der Waals surface area contributed by atoms with Gasteiger partial charge in [-0.05, 0) is 31.0 Å². The summed E-state index contributed by atoms with van der Waals surface area (Å²) < 4.78 is 15.7. The highest BCUT2D eigenvalue weighted by Crippen LogP contribution is 2.40. The van der Waals surface area contributed by atoms with Crippen LogP contribution in [0.4, 0.5) is 0 Å². The molecule has 0 aromatic heterocycles. The van der Waals surface area contributed by atoms with E-state index in [4.69, 9.17) is 14.2 Å². The molecule has 0 fully saturated rings. The molecule has 0 spiro atoms. The SMILES string of the molecule is COC(=O)c1cccc2c1C(CC(OC)OC)N(C(C)C)C2. The Hall–Kier alpha value is -1.43. The van der Waals surface area contributed by atoms with Gasteiger partial charge in [0.2, 0.25) is 0 Å². The van der Waals surface area contributed by atoms with Crippen molar-refractivity contribution in [3.05, 3.63) is 34.9 Å². The van der Waals surface area contributed by atoms with Gasteiger partial charge in [0.05, 0.1) is 12.7 Å². The minimum absolute atomic E-state index is 0.0789. The fraction of sp³-hybridized carbons (Fsp3) is 0.588. The monoisotopic (exact) mass is 307 g/mol. The molecule has 1 atom stereocenters. The molecule has 5 nitrogen and oxygen atoms in total. The lowest BCUT2D eigenvalue weighted by Gasteiger charge is -2.31. The standard InChI is InChI=1S/C17H25NO4/c1-11(2)18-10-12-7-6-8-13(17(19)22-5)16(12)14(18)9-15(20-3)21-4/h6-8,11,14-15H,9-10H2,1-5H3. The zero-order chi connectivity index (χ0) is 16.3. The number of ether oxygens (including phenoxy) is 3. The second-order valence-corrected chi connectivity index (χ2v) is 5.79. The van der Waals surface area contributed by atoms with Crippen molar-refractivity contribution in [3.63, 3.8) is 0 Å². The molecule has 22 heavy (non-hydrogen) atoms. The lowest BCUT2D eigenvalue weighted by molar-refractivity contribution is -0.118. The molecule has 1 aromatic rings. The molecule has 1 aliphatic heterocycles. The van der Waals surface area contributed by atoms with Crippen molar-refractivity contribution in [1.82, 2.24) is 4.90 Å². The first-order valence-electron chi connectivity index (χ1n) is 7.54. The number of methoxy groups -OCH3 is 3. The summed E-state index contributed by atoms with van der Waals surface area (Å²) >= 11 is 0. The van der Waals surface area contributed by atoms with Crippen LogP contribution in [0, 0.1) is 0 Å². The molecular formula is C17H25NO4. The fourth-order valence-electron chi connectivity index (χ4n) is 3.17. The van der Waals surface area contributed by atoms with Crippen LogP contribution in [0.1, 0.15) is 47.8 Å². The molecule has 2 rings (SSSR count). The summed E-state index contributed by atoms with van der Waals surface area (Å²) in [4.78, 5) is 14.5. The topological polar surface area (TPSA) is 48.0 Å². The van der Waals surface area contributed by atoms with E-state index in [1.54, 1.807) is 14.2 Å². The van der Waals surface area contributed by atoms with Gasteiger partial charge in [-0.25, -0.2) is 4.79 Å². The van der Waals surface area contributed by atoms with E-state index in [0.29, 0.717) is 18.0 Å². The molecule has 1 aliphatic rings. The van der Waals surface area contributed by atoms with Crippen LogP contribution in [-0.4, -0.2) is 44.5 Å². The number of nitrogens with zero attached hydrogens (tertiary/aromatic N) is 1. The molecule has 1 unspecified atom stereocenters. The summed E-state index contributed by atoms with van der Waals surface area (Å²) in [5.41, 5.74) is 2.86. The number of rotatable bonds is 6. The molecule has 1 heterocycles. The Morgan fingerprint density at radius 1 is 1.27 bits per heavy atom. The van der Waals surface area contributed by atoms with Crippen molar-refractivity contribution in [3.8, 4) is 0 Å². The van der Waals surface area contributed by atoms with Gasteiger partial charge < -0.3 is 14.2 Å². The van der Waals surface area contributed by atoms with Crippen LogP contribution in [0.3, 0.4) is 0 Å². The summed E-state index contributed by atoms with van der Waals surface area (Å²) in [5, 5.41) is 0. The van der Waals surface area contributed by atoms with Crippen molar-refractivity contribution in [2.75, 3.05) is 21.3 Å². The Labute approximate surface area is 132 Å². The Bertz CT molecular complexity index is 525. The van der Waals surface area contributed by atoms with Gasteiger partial charge >= 0.3 is 5.97 Å². The van der Waals surface area contributed by atoms with Crippen molar-refractivity contribution in [2.45, 2.75) is 45.2 Å². The molecule has 0 bridgehead atoms. The first-order chi connectivity index (χ1) is 10.5. The summed E-state index contributed by atoms with van der Waals surface area (Å²) in [7, 11) is 4.69. The molecule has 0 amide bonds. The van der Waals surface area contributed by atoms with Crippen molar-refractivity contribution >= 4 is 5.97 Å². The summed E-state index contributed by atoms with van der Waals surface area (Å²) in [5.74, 6) is -0.293. The van der Waals surface area contributed by atoms with Crippen molar-refractivity contribution in [2.24, 2.45) is 0 Å². The smallest absolute Gasteiger partial charge is 0.338 e. The maximum Gasteiger partial charge on any atom is 0.338 e. The van der Waals surface area contributed by atoms with Gasteiger partial charge in [0.1, 0.15) is 0 Å². The van der Waals surface area contributed by atoms with Gasteiger partial charge in [0.15, 0.2) is 6.29 Å². The molecule has 0 saturated heterocycles. The number of fused-ring (bicyclic) bond motifs is 1. The van der Waals surface area contributed by atoms with E-state index in [-0.39, 0.29) is 18.3 Å². The Balaban J connectivity index is 2.43. The minimum atomic E-state index is -0.303. The molecule has 0 saturated carbocycles. The van der Waals surface area contributed by atoms with Crippen LogP contribution in [-0.2, 0) is 20.8 Å². The number of benzene rings is 1.